The molecule has 29 heavy (non-hydrogen) atoms. The average Bonchev–Trinajstić information content (AvgIpc) is 3.06. The van der Waals surface area contributed by atoms with E-state index in [9.17, 15) is 9.90 Å². The van der Waals surface area contributed by atoms with Gasteiger partial charge in [-0.1, -0.05) is 34.1 Å². The Morgan fingerprint density at radius 3 is 2.59 bits per heavy atom. The van der Waals surface area contributed by atoms with Crippen LogP contribution in [0.2, 0.25) is 0 Å². The summed E-state index contributed by atoms with van der Waals surface area (Å²) in [6.45, 7) is 9.79. The molecular formula is C26H45NO2. The van der Waals surface area contributed by atoms with Crippen LogP contribution < -0.4 is 5.32 Å². The number of fused-ring (bicyclic) bond motifs is 5. The summed E-state index contributed by atoms with van der Waals surface area (Å²) in [7, 11) is 1.73. The lowest BCUT2D eigenvalue weighted by atomic mass is 9.43. The molecule has 10 atom stereocenters. The fourth-order valence-corrected chi connectivity index (χ4v) is 9.08. The number of aliphatic hydroxyl groups excluding tert-OH is 1. The van der Waals surface area contributed by atoms with E-state index in [1.54, 1.807) is 7.05 Å². The smallest absolute Gasteiger partial charge is 0.219 e. The summed E-state index contributed by atoms with van der Waals surface area (Å²) in [5.41, 5.74) is 0.509. The third-order valence-corrected chi connectivity index (χ3v) is 10.9. The molecule has 0 aromatic rings. The van der Waals surface area contributed by atoms with Crippen LogP contribution >= 0.6 is 0 Å². The van der Waals surface area contributed by atoms with Gasteiger partial charge in [0.2, 0.25) is 5.91 Å². The van der Waals surface area contributed by atoms with Crippen LogP contribution in [0.4, 0.5) is 0 Å². The van der Waals surface area contributed by atoms with Crippen LogP contribution in [0.3, 0.4) is 0 Å². The van der Waals surface area contributed by atoms with E-state index >= 15 is 0 Å². The predicted molar refractivity (Wildman–Crippen MR) is 118 cm³/mol. The first kappa shape index (κ1) is 21.7. The SMILES string of the molecule is CNC(=O)CC[C@@H](C)[C@H]1CCC2C3CCC4C[C@H](C)CC[C@]4(C)C3C[C@H](O)[C@@]21C. The van der Waals surface area contributed by atoms with E-state index in [2.05, 4.69) is 33.0 Å². The molecule has 0 aromatic heterocycles. The first-order valence-corrected chi connectivity index (χ1v) is 12.6. The minimum Gasteiger partial charge on any atom is -0.393 e. The van der Waals surface area contributed by atoms with Gasteiger partial charge in [0, 0.05) is 13.5 Å². The van der Waals surface area contributed by atoms with Crippen molar-refractivity contribution in [3.8, 4) is 0 Å². The van der Waals surface area contributed by atoms with Crippen LogP contribution in [0.15, 0.2) is 0 Å². The number of carbonyl (C=O) groups is 1. The molecule has 4 aliphatic rings. The zero-order valence-corrected chi connectivity index (χ0v) is 19.5. The van der Waals surface area contributed by atoms with Crippen LogP contribution in [0.5, 0.6) is 0 Å². The predicted octanol–water partition coefficient (Wildman–Crippen LogP) is 5.41. The molecular weight excluding hydrogens is 358 g/mol. The van der Waals surface area contributed by atoms with E-state index in [1.165, 1.54) is 44.9 Å². The third-order valence-electron chi connectivity index (χ3n) is 10.9. The van der Waals surface area contributed by atoms with Gasteiger partial charge >= 0.3 is 0 Å². The van der Waals surface area contributed by atoms with Crippen LogP contribution in [0, 0.1) is 52.3 Å². The summed E-state index contributed by atoms with van der Waals surface area (Å²) in [6, 6.07) is 0. The minimum atomic E-state index is -0.168. The Labute approximate surface area is 178 Å². The highest BCUT2D eigenvalue weighted by molar-refractivity contribution is 5.75. The first-order valence-electron chi connectivity index (χ1n) is 12.6. The Morgan fingerprint density at radius 1 is 1.10 bits per heavy atom. The summed E-state index contributed by atoms with van der Waals surface area (Å²) in [4.78, 5) is 11.8. The highest BCUT2D eigenvalue weighted by atomic mass is 16.3. The zero-order valence-electron chi connectivity index (χ0n) is 19.5. The number of rotatable bonds is 4. The van der Waals surface area contributed by atoms with Crippen molar-refractivity contribution in [1.29, 1.82) is 0 Å². The molecule has 0 heterocycles. The number of aliphatic hydroxyl groups is 1. The standard InChI is InChI=1S/C26H45NO2/c1-16-12-13-25(3)18(14-16)7-8-19-21-10-9-20(17(2)6-11-24(29)27-5)26(21,4)23(28)15-22(19)25/h16-23,28H,6-15H2,1-5H3,(H,27,29)/t16-,17-,18?,19?,20-,21?,22?,23+,25+,26-/m1/s1. The lowest BCUT2D eigenvalue weighted by Crippen LogP contribution is -2.58. The average molecular weight is 404 g/mol. The lowest BCUT2D eigenvalue weighted by Gasteiger charge is -2.62. The van der Waals surface area contributed by atoms with Gasteiger partial charge in [-0.3, -0.25) is 4.79 Å². The van der Waals surface area contributed by atoms with Crippen molar-refractivity contribution in [3.05, 3.63) is 0 Å². The van der Waals surface area contributed by atoms with Gasteiger partial charge in [-0.25, -0.2) is 0 Å². The number of nitrogens with one attached hydrogen (secondary N) is 1. The van der Waals surface area contributed by atoms with Gasteiger partial charge in [-0.05, 0) is 104 Å². The van der Waals surface area contributed by atoms with Crippen molar-refractivity contribution in [1.82, 2.24) is 5.32 Å². The summed E-state index contributed by atoms with van der Waals surface area (Å²) in [5.74, 6) is 5.21. The molecule has 4 fully saturated rings. The molecule has 0 saturated heterocycles. The van der Waals surface area contributed by atoms with E-state index in [1.807, 2.05) is 0 Å². The van der Waals surface area contributed by atoms with E-state index < -0.39 is 0 Å². The quantitative estimate of drug-likeness (QED) is 0.659. The topological polar surface area (TPSA) is 49.3 Å². The molecule has 1 amide bonds. The van der Waals surface area contributed by atoms with Crippen molar-refractivity contribution in [2.45, 2.75) is 98.0 Å². The van der Waals surface area contributed by atoms with Gasteiger partial charge in [-0.15, -0.1) is 0 Å². The van der Waals surface area contributed by atoms with Crippen molar-refractivity contribution in [2.75, 3.05) is 7.05 Å². The van der Waals surface area contributed by atoms with E-state index in [4.69, 9.17) is 0 Å². The highest BCUT2D eigenvalue weighted by Gasteiger charge is 2.63. The number of amides is 1. The maximum atomic E-state index is 11.8. The molecule has 3 heteroatoms. The summed E-state index contributed by atoms with van der Waals surface area (Å²) in [6.07, 6.45) is 11.9. The van der Waals surface area contributed by atoms with Crippen LogP contribution in [-0.2, 0) is 4.79 Å². The van der Waals surface area contributed by atoms with Gasteiger partial charge in [0.15, 0.2) is 0 Å². The van der Waals surface area contributed by atoms with Crippen molar-refractivity contribution < 1.29 is 9.90 Å². The van der Waals surface area contributed by atoms with Gasteiger partial charge < -0.3 is 10.4 Å². The second kappa shape index (κ2) is 7.84. The summed E-state index contributed by atoms with van der Waals surface area (Å²) in [5, 5.41) is 14.4. The van der Waals surface area contributed by atoms with E-state index in [-0.39, 0.29) is 17.4 Å². The van der Waals surface area contributed by atoms with Crippen LogP contribution in [0.1, 0.15) is 91.9 Å². The van der Waals surface area contributed by atoms with Gasteiger partial charge in [0.05, 0.1) is 6.10 Å². The number of hydrogen-bond acceptors (Lipinski definition) is 2. The Kier molecular flexibility index (Phi) is 5.86. The van der Waals surface area contributed by atoms with Crippen LogP contribution in [0.25, 0.3) is 0 Å². The molecule has 4 rings (SSSR count). The maximum Gasteiger partial charge on any atom is 0.219 e. The fraction of sp³-hybridized carbons (Fsp3) is 0.962. The maximum absolute atomic E-state index is 11.8. The molecule has 4 unspecified atom stereocenters. The lowest BCUT2D eigenvalue weighted by molar-refractivity contribution is -0.171. The number of carbonyl (C=O) groups excluding carboxylic acids is 1. The Balaban J connectivity index is 1.53. The Bertz CT molecular complexity index is 620. The minimum absolute atomic E-state index is 0.0500. The molecule has 2 N–H and O–H groups in total. The van der Waals surface area contributed by atoms with Gasteiger partial charge in [0.1, 0.15) is 0 Å². The molecule has 166 valence electrons. The second-order valence-electron chi connectivity index (χ2n) is 12.0. The molecule has 4 aliphatic carbocycles. The molecule has 0 bridgehead atoms. The third kappa shape index (κ3) is 3.38. The highest BCUT2D eigenvalue weighted by Crippen LogP contribution is 2.68. The van der Waals surface area contributed by atoms with Crippen molar-refractivity contribution >= 4 is 5.91 Å². The Hall–Kier alpha value is -0.570. The van der Waals surface area contributed by atoms with E-state index in [0.717, 1.165) is 36.5 Å². The van der Waals surface area contributed by atoms with Gasteiger partial charge in [-0.2, -0.15) is 0 Å². The summed E-state index contributed by atoms with van der Waals surface area (Å²) >= 11 is 0. The molecule has 3 nitrogen and oxygen atoms in total. The van der Waals surface area contributed by atoms with Crippen molar-refractivity contribution in [3.63, 3.8) is 0 Å². The molecule has 0 spiro atoms. The van der Waals surface area contributed by atoms with Crippen LogP contribution in [-0.4, -0.2) is 24.2 Å². The monoisotopic (exact) mass is 403 g/mol. The molecule has 0 radical (unpaired) electrons. The largest absolute Gasteiger partial charge is 0.393 e. The van der Waals surface area contributed by atoms with Gasteiger partial charge in [0.25, 0.3) is 0 Å². The van der Waals surface area contributed by atoms with E-state index in [0.29, 0.717) is 29.6 Å². The molecule has 0 aromatic carbocycles. The zero-order chi connectivity index (χ0) is 21.0. The summed E-state index contributed by atoms with van der Waals surface area (Å²) < 4.78 is 0. The first-order chi connectivity index (χ1) is 13.7. The van der Waals surface area contributed by atoms with Crippen molar-refractivity contribution in [2.24, 2.45) is 52.3 Å². The molecule has 0 aliphatic heterocycles. The number of hydrogen-bond donors (Lipinski definition) is 2. The normalized spacial score (nSPS) is 50.2. The Morgan fingerprint density at radius 2 is 1.86 bits per heavy atom. The fourth-order valence-electron chi connectivity index (χ4n) is 9.08. The second-order valence-corrected chi connectivity index (χ2v) is 12.0. The molecule has 4 saturated carbocycles.